The molecule has 4 heteroatoms. The minimum absolute atomic E-state index is 0.0479. The van der Waals surface area contributed by atoms with Gasteiger partial charge in [-0.05, 0) is 31.7 Å². The van der Waals surface area contributed by atoms with Gasteiger partial charge in [0.2, 0.25) is 0 Å². The van der Waals surface area contributed by atoms with Crippen molar-refractivity contribution in [3.63, 3.8) is 0 Å². The minimum atomic E-state index is -0.0479. The number of alkyl halides is 1. The van der Waals surface area contributed by atoms with Gasteiger partial charge in [-0.2, -0.15) is 0 Å². The lowest BCUT2D eigenvalue weighted by molar-refractivity contribution is 0.0928. The molecule has 1 saturated carbocycles. The Morgan fingerprint density at radius 1 is 1.62 bits per heavy atom. The Balaban J connectivity index is 2.00. The smallest absolute Gasteiger partial charge is 0.255 e. The Bertz CT molecular complexity index is 375. The van der Waals surface area contributed by atoms with E-state index in [0.717, 1.165) is 19.3 Å². The van der Waals surface area contributed by atoms with Crippen LogP contribution >= 0.6 is 11.6 Å². The maximum Gasteiger partial charge on any atom is 0.255 e. The predicted octanol–water partition coefficient (Wildman–Crippen LogP) is 2.73. The summed E-state index contributed by atoms with van der Waals surface area (Å²) in [6, 6.07) is 1.93. The number of carbonyl (C=O) groups excluding carboxylic acids is 1. The Labute approximate surface area is 100 Å². The first-order valence-electron chi connectivity index (χ1n) is 5.63. The average Bonchev–Trinajstić information content (AvgIpc) is 2.86. The largest absolute Gasteiger partial charge is 0.469 e. The fraction of sp³-hybridized carbons (Fsp3) is 0.583. The van der Waals surface area contributed by atoms with Crippen LogP contribution in [0.15, 0.2) is 16.7 Å². The molecule has 1 amide bonds. The topological polar surface area (TPSA) is 42.2 Å². The molecule has 1 N–H and O–H groups in total. The summed E-state index contributed by atoms with van der Waals surface area (Å²) >= 11 is 5.87. The number of furan rings is 1. The number of carbonyl (C=O) groups is 1. The average molecular weight is 242 g/mol. The maximum atomic E-state index is 11.9. The van der Waals surface area contributed by atoms with Gasteiger partial charge in [-0.1, -0.05) is 6.42 Å². The SMILES string of the molecule is Cc1occc1C(=O)NC1CCCC1CCl. The number of amides is 1. The summed E-state index contributed by atoms with van der Waals surface area (Å²) in [5.74, 6) is 1.65. The molecule has 1 fully saturated rings. The Morgan fingerprint density at radius 3 is 3.06 bits per heavy atom. The standard InChI is InChI=1S/C12H16ClNO2/c1-8-10(5-6-16-8)12(15)14-11-4-2-3-9(11)7-13/h5-6,9,11H,2-4,7H2,1H3,(H,14,15). The van der Waals surface area contributed by atoms with Crippen molar-refractivity contribution in [2.75, 3.05) is 5.88 Å². The van der Waals surface area contributed by atoms with Crippen molar-refractivity contribution < 1.29 is 9.21 Å². The minimum Gasteiger partial charge on any atom is -0.469 e. The van der Waals surface area contributed by atoms with Gasteiger partial charge in [-0.15, -0.1) is 11.6 Å². The number of halogens is 1. The van der Waals surface area contributed by atoms with Crippen molar-refractivity contribution >= 4 is 17.5 Å². The van der Waals surface area contributed by atoms with E-state index >= 15 is 0 Å². The van der Waals surface area contributed by atoms with E-state index in [-0.39, 0.29) is 11.9 Å². The molecule has 0 aromatic carbocycles. The first-order valence-corrected chi connectivity index (χ1v) is 6.16. The summed E-state index contributed by atoms with van der Waals surface area (Å²) in [6.45, 7) is 1.79. The zero-order valence-electron chi connectivity index (χ0n) is 9.33. The number of nitrogens with one attached hydrogen (secondary N) is 1. The number of hydrogen-bond acceptors (Lipinski definition) is 2. The number of rotatable bonds is 3. The van der Waals surface area contributed by atoms with E-state index in [1.54, 1.807) is 13.0 Å². The van der Waals surface area contributed by atoms with Gasteiger partial charge in [0.05, 0.1) is 11.8 Å². The van der Waals surface area contributed by atoms with E-state index in [9.17, 15) is 4.79 Å². The van der Waals surface area contributed by atoms with Crippen LogP contribution in [0.2, 0.25) is 0 Å². The highest BCUT2D eigenvalue weighted by molar-refractivity contribution is 6.18. The lowest BCUT2D eigenvalue weighted by Gasteiger charge is -2.18. The molecular formula is C12H16ClNO2. The third-order valence-electron chi connectivity index (χ3n) is 3.28. The quantitative estimate of drug-likeness (QED) is 0.827. The van der Waals surface area contributed by atoms with Gasteiger partial charge in [0.15, 0.2) is 0 Å². The number of aryl methyl sites for hydroxylation is 1. The zero-order chi connectivity index (χ0) is 11.5. The van der Waals surface area contributed by atoms with E-state index in [4.69, 9.17) is 16.0 Å². The van der Waals surface area contributed by atoms with Crippen molar-refractivity contribution in [2.45, 2.75) is 32.2 Å². The van der Waals surface area contributed by atoms with Gasteiger partial charge in [0, 0.05) is 11.9 Å². The summed E-state index contributed by atoms with van der Waals surface area (Å²) in [6.07, 6.45) is 4.82. The molecule has 1 heterocycles. The van der Waals surface area contributed by atoms with Gasteiger partial charge in [-0.3, -0.25) is 4.79 Å². The molecule has 0 radical (unpaired) electrons. The molecule has 88 valence electrons. The van der Waals surface area contributed by atoms with Gasteiger partial charge in [-0.25, -0.2) is 0 Å². The molecule has 16 heavy (non-hydrogen) atoms. The molecule has 0 aliphatic heterocycles. The fourth-order valence-corrected chi connectivity index (χ4v) is 2.65. The molecule has 0 bridgehead atoms. The van der Waals surface area contributed by atoms with Crippen LogP contribution in [-0.4, -0.2) is 17.8 Å². The lowest BCUT2D eigenvalue weighted by atomic mass is 10.1. The van der Waals surface area contributed by atoms with Crippen LogP contribution in [0.4, 0.5) is 0 Å². The van der Waals surface area contributed by atoms with Gasteiger partial charge >= 0.3 is 0 Å². The predicted molar refractivity (Wildman–Crippen MR) is 62.8 cm³/mol. The Hall–Kier alpha value is -0.960. The Morgan fingerprint density at radius 2 is 2.44 bits per heavy atom. The van der Waals surface area contributed by atoms with Crippen LogP contribution in [0, 0.1) is 12.8 Å². The van der Waals surface area contributed by atoms with Crippen LogP contribution in [0.3, 0.4) is 0 Å². The molecule has 0 saturated heterocycles. The van der Waals surface area contributed by atoms with Crippen LogP contribution < -0.4 is 5.32 Å². The second-order valence-electron chi connectivity index (χ2n) is 4.32. The van der Waals surface area contributed by atoms with Crippen LogP contribution in [0.1, 0.15) is 35.4 Å². The normalized spacial score (nSPS) is 24.6. The van der Waals surface area contributed by atoms with Gasteiger partial charge in [0.25, 0.3) is 5.91 Å². The van der Waals surface area contributed by atoms with E-state index in [1.807, 2.05) is 0 Å². The van der Waals surface area contributed by atoms with E-state index in [1.165, 1.54) is 6.26 Å². The third kappa shape index (κ3) is 2.24. The molecule has 2 atom stereocenters. The van der Waals surface area contributed by atoms with Crippen molar-refractivity contribution in [2.24, 2.45) is 5.92 Å². The van der Waals surface area contributed by atoms with Crippen molar-refractivity contribution in [3.05, 3.63) is 23.7 Å². The maximum absolute atomic E-state index is 11.9. The van der Waals surface area contributed by atoms with Crippen LogP contribution in [-0.2, 0) is 0 Å². The highest BCUT2D eigenvalue weighted by Gasteiger charge is 2.28. The van der Waals surface area contributed by atoms with Gasteiger partial charge < -0.3 is 9.73 Å². The first-order chi connectivity index (χ1) is 7.72. The van der Waals surface area contributed by atoms with Crippen molar-refractivity contribution in [3.8, 4) is 0 Å². The fourth-order valence-electron chi connectivity index (χ4n) is 2.28. The molecule has 1 aromatic heterocycles. The summed E-state index contributed by atoms with van der Waals surface area (Å²) in [5, 5.41) is 3.04. The molecule has 3 nitrogen and oxygen atoms in total. The first kappa shape index (κ1) is 11.5. The summed E-state index contributed by atoms with van der Waals surface area (Å²) < 4.78 is 5.12. The number of hydrogen-bond donors (Lipinski definition) is 1. The van der Waals surface area contributed by atoms with Crippen LogP contribution in [0.25, 0.3) is 0 Å². The molecule has 1 aliphatic carbocycles. The summed E-state index contributed by atoms with van der Waals surface area (Å²) in [7, 11) is 0. The van der Waals surface area contributed by atoms with Gasteiger partial charge in [0.1, 0.15) is 5.76 Å². The molecule has 2 rings (SSSR count). The monoisotopic (exact) mass is 241 g/mol. The molecule has 0 spiro atoms. The second-order valence-corrected chi connectivity index (χ2v) is 4.62. The second kappa shape index (κ2) is 4.91. The van der Waals surface area contributed by atoms with Crippen molar-refractivity contribution in [1.82, 2.24) is 5.32 Å². The van der Waals surface area contributed by atoms with Crippen LogP contribution in [0.5, 0.6) is 0 Å². The van der Waals surface area contributed by atoms with Crippen molar-refractivity contribution in [1.29, 1.82) is 0 Å². The summed E-state index contributed by atoms with van der Waals surface area (Å²) in [4.78, 5) is 11.9. The molecule has 1 aliphatic rings. The third-order valence-corrected chi connectivity index (χ3v) is 3.67. The zero-order valence-corrected chi connectivity index (χ0v) is 10.1. The molecular weight excluding hydrogens is 226 g/mol. The highest BCUT2D eigenvalue weighted by atomic mass is 35.5. The summed E-state index contributed by atoms with van der Waals surface area (Å²) in [5.41, 5.74) is 0.625. The molecule has 1 aromatic rings. The Kier molecular flexibility index (Phi) is 3.54. The lowest BCUT2D eigenvalue weighted by Crippen LogP contribution is -2.38. The van der Waals surface area contributed by atoms with E-state index in [2.05, 4.69) is 5.32 Å². The molecule has 2 unspecified atom stereocenters. The highest BCUT2D eigenvalue weighted by Crippen LogP contribution is 2.27. The van der Waals surface area contributed by atoms with E-state index in [0.29, 0.717) is 23.1 Å². The van der Waals surface area contributed by atoms with E-state index < -0.39 is 0 Å².